The number of aromatic amines is 1. The Morgan fingerprint density at radius 1 is 0.800 bits per heavy atom. The maximum atomic E-state index is 14.8. The Morgan fingerprint density at radius 2 is 1.49 bits per heavy atom. The number of hydrogen-bond donors (Lipinski definition) is 10. The number of aliphatic imine (C=N–C) groups is 2. The van der Waals surface area contributed by atoms with Crippen molar-refractivity contribution in [2.75, 3.05) is 19.6 Å². The molecule has 7 atom stereocenters. The maximum Gasteiger partial charge on any atom is 0.245 e. The highest BCUT2D eigenvalue weighted by Crippen LogP contribution is 2.27. The van der Waals surface area contributed by atoms with Gasteiger partial charge in [-0.25, -0.2) is 4.39 Å². The first-order chi connectivity index (χ1) is 35.8. The molecule has 5 amide bonds. The normalized spacial score (nSPS) is 22.3. The van der Waals surface area contributed by atoms with Crippen molar-refractivity contribution in [2.45, 2.75) is 140 Å². The molecule has 2 unspecified atom stereocenters. The van der Waals surface area contributed by atoms with E-state index in [-0.39, 0.29) is 114 Å². The molecule has 3 heterocycles. The molecule has 1 aromatic heterocycles. The number of rotatable bonds is 16. The van der Waals surface area contributed by atoms with Crippen LogP contribution in [0.2, 0.25) is 0 Å². The third-order valence-electron chi connectivity index (χ3n) is 13.7. The van der Waals surface area contributed by atoms with E-state index >= 15 is 0 Å². The van der Waals surface area contributed by atoms with Crippen LogP contribution < -0.4 is 49.9 Å². The van der Waals surface area contributed by atoms with Crippen molar-refractivity contribution < 1.29 is 42.7 Å². The summed E-state index contributed by atoms with van der Waals surface area (Å²) in [4.78, 5) is 126. The van der Waals surface area contributed by atoms with E-state index in [1.807, 2.05) is 24.3 Å². The first kappa shape index (κ1) is 58.2. The molecule has 2 aromatic carbocycles. The highest BCUT2D eigenvalue weighted by molar-refractivity contribution is 5.98. The lowest BCUT2D eigenvalue weighted by atomic mass is 9.83. The number of hydrogen-bond acceptors (Lipinski definition) is 11. The molecule has 406 valence electrons. The van der Waals surface area contributed by atoms with E-state index in [4.69, 9.17) is 28.7 Å². The Kier molecular flexibility index (Phi) is 22.3. The fourth-order valence-electron chi connectivity index (χ4n) is 9.70. The number of benzene rings is 2. The molecule has 0 bridgehead atoms. The Hall–Kier alpha value is -7.65. The van der Waals surface area contributed by atoms with Gasteiger partial charge in [0.2, 0.25) is 29.5 Å². The van der Waals surface area contributed by atoms with Crippen molar-refractivity contribution in [2.24, 2.45) is 50.5 Å². The smallest absolute Gasteiger partial charge is 0.245 e. The van der Waals surface area contributed by atoms with Crippen molar-refractivity contribution in [3.05, 3.63) is 83.9 Å². The molecule has 0 radical (unpaired) electrons. The maximum absolute atomic E-state index is 14.8. The van der Waals surface area contributed by atoms with Crippen LogP contribution >= 0.6 is 0 Å². The molecule has 22 heteroatoms. The van der Waals surface area contributed by atoms with Crippen LogP contribution in [0.15, 0.2) is 77.0 Å². The van der Waals surface area contributed by atoms with Crippen LogP contribution in [-0.4, -0.2) is 119 Å². The fraction of sp³-hybridized carbons (Fsp3) is 0.509. The van der Waals surface area contributed by atoms with Gasteiger partial charge in [-0.15, -0.1) is 0 Å². The van der Waals surface area contributed by atoms with Crippen LogP contribution in [-0.2, 0) is 51.2 Å². The summed E-state index contributed by atoms with van der Waals surface area (Å²) in [5.74, 6) is -6.91. The molecule has 2 aliphatic heterocycles. The number of carbonyl (C=O) groups is 8. The third kappa shape index (κ3) is 18.4. The van der Waals surface area contributed by atoms with Gasteiger partial charge in [0.25, 0.3) is 0 Å². The van der Waals surface area contributed by atoms with Gasteiger partial charge >= 0.3 is 0 Å². The van der Waals surface area contributed by atoms with Crippen molar-refractivity contribution >= 4 is 69.7 Å². The predicted molar refractivity (Wildman–Crippen MR) is 282 cm³/mol. The van der Waals surface area contributed by atoms with E-state index in [1.54, 1.807) is 6.20 Å². The molecule has 5 rings (SSSR count). The number of aromatic nitrogens is 1. The number of fused-ring (bicyclic) bond motifs is 2. The van der Waals surface area contributed by atoms with Crippen molar-refractivity contribution in [1.29, 1.82) is 0 Å². The Balaban J connectivity index is 1.52. The zero-order valence-corrected chi connectivity index (χ0v) is 42.8. The summed E-state index contributed by atoms with van der Waals surface area (Å²) in [6.45, 7) is 5.56. The molecular weight excluding hydrogens is 966 g/mol. The molecule has 2 saturated heterocycles. The summed E-state index contributed by atoms with van der Waals surface area (Å²) >= 11 is 0. The van der Waals surface area contributed by atoms with Crippen molar-refractivity contribution in [3.63, 3.8) is 0 Å². The van der Waals surface area contributed by atoms with Crippen LogP contribution in [0.4, 0.5) is 4.39 Å². The minimum Gasteiger partial charge on any atom is -0.401 e. The fourth-order valence-corrected chi connectivity index (χ4v) is 9.70. The number of nitrogens with zero attached hydrogens (tertiary/aromatic N) is 3. The van der Waals surface area contributed by atoms with Gasteiger partial charge in [-0.1, -0.05) is 43.3 Å². The van der Waals surface area contributed by atoms with Gasteiger partial charge in [-0.3, -0.25) is 48.3 Å². The van der Waals surface area contributed by atoms with Crippen LogP contribution in [0, 0.1) is 17.7 Å². The summed E-state index contributed by atoms with van der Waals surface area (Å²) < 4.78 is 14.2. The second kappa shape index (κ2) is 28.7. The Bertz CT molecular complexity index is 2570. The third-order valence-corrected chi connectivity index (χ3v) is 13.7. The number of carbonyl (C=O) groups excluding carboxylic acids is 8. The van der Waals surface area contributed by atoms with E-state index in [1.165, 1.54) is 36.1 Å². The lowest BCUT2D eigenvalue weighted by molar-refractivity contribution is -0.142. The predicted octanol–water partition coefficient (Wildman–Crippen LogP) is 1.70. The number of H-pyrrole nitrogens is 1. The molecule has 3 aromatic rings. The standard InChI is InChI=1S/C53H74FN13O8/c1-31(55)40-13-5-3-11-38(69)21-22-43(65-49(73)42(63-32(2)68)15-8-24-61-53(58)59)51(75)67-25-9-16-45(67)50(74)66-44(26-33-17-19-37(54)20-18-33)47(71)28-34(10-7-23-60-52(56)57)46(70)29-35(48(72)64-40)27-36-30-62-41-14-6-4-12-39(36)41/h4,6,12,14,17-20,30,34-35,40,42-45,62H,1,3,5,7-11,13,15-16,21-29,55H2,2H3,(H,63,68)(H,64,72)(H,65,73)(H,66,74)(H4,56,57,60)(H4,58,59,61)/t34?,35-,40+,42?,43+,44-,45+/m1/s1. The summed E-state index contributed by atoms with van der Waals surface area (Å²) in [6, 6.07) is 7.39. The average Bonchev–Trinajstić information content (AvgIpc) is 4.03. The summed E-state index contributed by atoms with van der Waals surface area (Å²) in [5, 5.41) is 12.1. The van der Waals surface area contributed by atoms with Crippen molar-refractivity contribution in [3.8, 4) is 0 Å². The number of nitrogens with two attached hydrogens (primary N) is 5. The number of ketones is 3. The van der Waals surface area contributed by atoms with Crippen LogP contribution in [0.25, 0.3) is 10.9 Å². The molecular formula is C53H74FN13O8. The quantitative estimate of drug-likeness (QED) is 0.0556. The minimum atomic E-state index is -1.31. The van der Waals surface area contributed by atoms with Gasteiger partial charge in [-0.2, -0.15) is 0 Å². The summed E-state index contributed by atoms with van der Waals surface area (Å²) in [6.07, 6.45) is 3.50. The molecule has 0 aliphatic carbocycles. The van der Waals surface area contributed by atoms with Gasteiger partial charge in [0.15, 0.2) is 17.7 Å². The van der Waals surface area contributed by atoms with Crippen molar-refractivity contribution in [1.82, 2.24) is 31.2 Å². The monoisotopic (exact) mass is 1040 g/mol. The molecule has 0 saturated carbocycles. The Labute approximate surface area is 436 Å². The number of Topliss-reactive ketones (excluding diaryl/α,β-unsaturated/α-hetero) is 3. The second-order valence-corrected chi connectivity index (χ2v) is 19.6. The molecule has 21 nitrogen and oxygen atoms in total. The number of nitrogens with one attached hydrogen (secondary N) is 5. The first-order valence-electron chi connectivity index (χ1n) is 25.7. The highest BCUT2D eigenvalue weighted by Gasteiger charge is 2.40. The second-order valence-electron chi connectivity index (χ2n) is 19.6. The van der Waals surface area contributed by atoms with Gasteiger partial charge < -0.3 is 59.8 Å². The summed E-state index contributed by atoms with van der Waals surface area (Å²) in [5.41, 5.74) is 30.7. The van der Waals surface area contributed by atoms with E-state index in [0.717, 1.165) is 16.5 Å². The topological polar surface area (TPSA) is 359 Å². The van der Waals surface area contributed by atoms with Gasteiger partial charge in [0.1, 0.15) is 35.5 Å². The van der Waals surface area contributed by atoms with Crippen LogP contribution in [0.1, 0.15) is 108 Å². The summed E-state index contributed by atoms with van der Waals surface area (Å²) in [7, 11) is 0. The van der Waals surface area contributed by atoms with Gasteiger partial charge in [0.05, 0.1) is 12.1 Å². The SMILES string of the molecule is C=C(N)[C@@H]1CCCCC(=O)CC[C@H](NC(=O)C(CCCN=C(N)N)NC(C)=O)C(=O)N2CCC[C@H]2C(=O)N[C@H](Cc2ccc(F)cc2)C(=O)CC(CCCN=C(N)N)C(=O)C[C@@H](Cc2c[nH]c3ccccc23)C(=O)N1. The van der Waals surface area contributed by atoms with Gasteiger partial charge in [0, 0.05) is 86.9 Å². The first-order valence-corrected chi connectivity index (χ1v) is 25.7. The van der Waals surface area contributed by atoms with E-state index in [2.05, 4.69) is 42.8 Å². The lowest BCUT2D eigenvalue weighted by Crippen LogP contribution is -2.57. The van der Waals surface area contributed by atoms with E-state index < -0.39 is 89.0 Å². The average molecular weight is 1040 g/mol. The van der Waals surface area contributed by atoms with E-state index in [0.29, 0.717) is 37.7 Å². The zero-order chi connectivity index (χ0) is 54.6. The zero-order valence-electron chi connectivity index (χ0n) is 42.8. The van der Waals surface area contributed by atoms with Crippen LogP contribution in [0.5, 0.6) is 0 Å². The van der Waals surface area contributed by atoms with E-state index in [9.17, 15) is 42.7 Å². The van der Waals surface area contributed by atoms with Gasteiger partial charge in [-0.05, 0) is 100.0 Å². The largest absolute Gasteiger partial charge is 0.401 e. The molecule has 2 aliphatic rings. The Morgan fingerprint density at radius 3 is 2.19 bits per heavy atom. The molecule has 75 heavy (non-hydrogen) atoms. The molecule has 2 fully saturated rings. The highest BCUT2D eigenvalue weighted by atomic mass is 19.1. The molecule has 0 spiro atoms. The van der Waals surface area contributed by atoms with Crippen LogP contribution in [0.3, 0.4) is 0 Å². The molecule has 15 N–H and O–H groups in total. The number of amides is 5. The number of guanidine groups is 2. The lowest BCUT2D eigenvalue weighted by Gasteiger charge is -2.31. The number of halogens is 1. The minimum absolute atomic E-state index is 0.0896. The number of para-hydroxylation sites is 1.